The Labute approximate surface area is 75.8 Å². The fourth-order valence-corrected chi connectivity index (χ4v) is 1.51. The maximum absolute atomic E-state index is 3.51. The Hall–Kier alpha value is 1.44. The van der Waals surface area contributed by atoms with Gasteiger partial charge in [0.15, 0.2) is 0 Å². The molecule has 0 heterocycles. The van der Waals surface area contributed by atoms with Crippen molar-refractivity contribution in [2.45, 2.75) is 23.0 Å². The molecule has 0 radical (unpaired) electrons. The average Bonchev–Trinajstić information content (AvgIpc) is 1.67. The van der Waals surface area contributed by atoms with Crippen molar-refractivity contribution in [1.82, 2.24) is 0 Å². The van der Waals surface area contributed by atoms with Crippen LogP contribution in [0.3, 0.4) is 0 Å². The van der Waals surface area contributed by atoms with E-state index in [0.29, 0.717) is 0 Å². The molecule has 0 spiro atoms. The van der Waals surface area contributed by atoms with Crippen molar-refractivity contribution in [3.63, 3.8) is 0 Å². The minimum absolute atomic E-state index is 0.134. The van der Waals surface area contributed by atoms with Crippen LogP contribution < -0.4 is 0 Å². The van der Waals surface area contributed by atoms with E-state index in [2.05, 4.69) is 54.7 Å². The minimum atomic E-state index is 0.134. The van der Waals surface area contributed by atoms with Crippen LogP contribution in [-0.2, 0) is 0 Å². The van der Waals surface area contributed by atoms with Crippen LogP contribution in [0.1, 0.15) is 19.8 Å². The molecule has 0 aromatic carbocycles. The summed E-state index contributed by atoms with van der Waals surface area (Å²) in [5, 5.41) is 0.952. The zero-order chi connectivity index (χ0) is 6.62. The van der Waals surface area contributed by atoms with Gasteiger partial charge < -0.3 is 0 Å². The summed E-state index contributed by atoms with van der Waals surface area (Å²) in [6.07, 6.45) is 2.35. The van der Waals surface area contributed by atoms with E-state index in [9.17, 15) is 0 Å². The molecule has 0 N–H and O–H groups in total. The third-order valence-electron chi connectivity index (χ3n) is 0.811. The van der Waals surface area contributed by atoms with Crippen molar-refractivity contribution in [2.75, 3.05) is 5.33 Å². The molecule has 0 nitrogen and oxygen atoms in total. The molecule has 0 fully saturated rings. The zero-order valence-corrected chi connectivity index (χ0v) is 9.51. The molecule has 0 aliphatic carbocycles. The topological polar surface area (TPSA) is 0 Å². The van der Waals surface area contributed by atoms with Gasteiger partial charge in [-0.3, -0.25) is 0 Å². The van der Waals surface area contributed by atoms with Gasteiger partial charge in [0.25, 0.3) is 0 Å². The zero-order valence-electron chi connectivity index (χ0n) is 4.76. The molecule has 50 valence electrons. The van der Waals surface area contributed by atoms with Gasteiger partial charge in [-0.2, -0.15) is 0 Å². The van der Waals surface area contributed by atoms with Crippen molar-refractivity contribution in [3.05, 3.63) is 0 Å². The fraction of sp³-hybridized carbons (Fsp3) is 1.00. The van der Waals surface area contributed by atoms with Crippen LogP contribution in [0.25, 0.3) is 0 Å². The minimum Gasteiger partial charge on any atom is -0.0904 e. The van der Waals surface area contributed by atoms with Gasteiger partial charge in [0.1, 0.15) is 0 Å². The van der Waals surface area contributed by atoms with Gasteiger partial charge in [0.2, 0.25) is 0 Å². The third-order valence-corrected chi connectivity index (χ3v) is 4.63. The van der Waals surface area contributed by atoms with Crippen molar-refractivity contribution in [2.24, 2.45) is 0 Å². The Kier molecular flexibility index (Phi) is 5.06. The second-order valence-corrected chi connectivity index (χ2v) is 6.40. The predicted octanol–water partition coefficient (Wildman–Crippen LogP) is 3.67. The van der Waals surface area contributed by atoms with Crippen LogP contribution in [0, 0.1) is 0 Å². The van der Waals surface area contributed by atoms with Gasteiger partial charge >= 0.3 is 0 Å². The number of hydrogen-bond donors (Lipinski definition) is 0. The first-order valence-corrected chi connectivity index (χ1v) is 5.27. The fourth-order valence-electron chi connectivity index (χ4n) is 0.433. The number of halogens is 3. The Morgan fingerprint density at radius 3 is 2.00 bits per heavy atom. The summed E-state index contributed by atoms with van der Waals surface area (Å²) in [4.78, 5) is 0. The van der Waals surface area contributed by atoms with Crippen LogP contribution in [0.5, 0.6) is 0 Å². The van der Waals surface area contributed by atoms with Crippen LogP contribution in [0.2, 0.25) is 0 Å². The molecular formula is C5H9Br3. The predicted molar refractivity (Wildman–Crippen MR) is 49.3 cm³/mol. The van der Waals surface area contributed by atoms with Crippen molar-refractivity contribution < 1.29 is 0 Å². The average molecular weight is 309 g/mol. The molecule has 0 saturated carbocycles. The van der Waals surface area contributed by atoms with E-state index in [1.165, 1.54) is 6.42 Å². The molecule has 0 aromatic rings. The molecule has 0 unspecified atom stereocenters. The maximum Gasteiger partial charge on any atom is 0.0901 e. The molecule has 0 aliphatic rings. The smallest absolute Gasteiger partial charge is 0.0901 e. The molecular weight excluding hydrogens is 300 g/mol. The highest BCUT2D eigenvalue weighted by atomic mass is 79.9. The van der Waals surface area contributed by atoms with Gasteiger partial charge in [-0.1, -0.05) is 61.1 Å². The second-order valence-electron chi connectivity index (χ2n) is 1.74. The highest BCUT2D eigenvalue weighted by Crippen LogP contribution is 2.32. The van der Waals surface area contributed by atoms with Gasteiger partial charge in [0, 0.05) is 5.33 Å². The van der Waals surface area contributed by atoms with E-state index in [-0.39, 0.29) is 3.23 Å². The van der Waals surface area contributed by atoms with Gasteiger partial charge in [0.05, 0.1) is 3.23 Å². The lowest BCUT2D eigenvalue weighted by Crippen LogP contribution is -2.11. The number of hydrogen-bond acceptors (Lipinski definition) is 0. The van der Waals surface area contributed by atoms with E-state index in [4.69, 9.17) is 0 Å². The van der Waals surface area contributed by atoms with Gasteiger partial charge in [-0.05, 0) is 6.42 Å². The monoisotopic (exact) mass is 306 g/mol. The number of rotatable bonds is 3. The summed E-state index contributed by atoms with van der Waals surface area (Å²) in [6.45, 7) is 2.17. The summed E-state index contributed by atoms with van der Waals surface area (Å²) in [7, 11) is 0. The van der Waals surface area contributed by atoms with Crippen LogP contribution in [0.4, 0.5) is 0 Å². The molecule has 0 saturated heterocycles. The van der Waals surface area contributed by atoms with E-state index in [0.717, 1.165) is 11.8 Å². The molecule has 8 heavy (non-hydrogen) atoms. The summed E-state index contributed by atoms with van der Waals surface area (Å²) in [5.74, 6) is 0. The first kappa shape index (κ1) is 9.44. The van der Waals surface area contributed by atoms with Crippen molar-refractivity contribution in [1.29, 1.82) is 0 Å². The lowest BCUT2D eigenvalue weighted by atomic mass is 10.3. The molecule has 0 atom stereocenters. The molecule has 0 amide bonds. The summed E-state index contributed by atoms with van der Waals surface area (Å²) in [6, 6.07) is 0. The van der Waals surface area contributed by atoms with Crippen molar-refractivity contribution in [3.8, 4) is 0 Å². The first-order valence-electron chi connectivity index (χ1n) is 2.56. The molecule has 0 aliphatic heterocycles. The van der Waals surface area contributed by atoms with E-state index < -0.39 is 0 Å². The van der Waals surface area contributed by atoms with E-state index >= 15 is 0 Å². The Morgan fingerprint density at radius 2 is 1.88 bits per heavy atom. The lowest BCUT2D eigenvalue weighted by Gasteiger charge is -2.14. The maximum atomic E-state index is 3.51. The van der Waals surface area contributed by atoms with Gasteiger partial charge in [-0.15, -0.1) is 0 Å². The second kappa shape index (κ2) is 4.29. The molecule has 3 heteroatoms. The SMILES string of the molecule is CCCC(Br)(Br)CBr. The summed E-state index contributed by atoms with van der Waals surface area (Å²) in [5.41, 5.74) is 0. The lowest BCUT2D eigenvalue weighted by molar-refractivity contribution is 0.777. The number of alkyl halides is 3. The highest BCUT2D eigenvalue weighted by molar-refractivity contribution is 9.26. The Balaban J connectivity index is 3.37. The Morgan fingerprint density at radius 1 is 1.38 bits per heavy atom. The first-order chi connectivity index (χ1) is 3.62. The molecule has 0 rings (SSSR count). The standard InChI is InChI=1S/C5H9Br3/c1-2-3-5(7,8)4-6/h2-4H2,1H3. The largest absolute Gasteiger partial charge is 0.0904 e. The normalized spacial score (nSPS) is 12.0. The van der Waals surface area contributed by atoms with E-state index in [1.54, 1.807) is 0 Å². The van der Waals surface area contributed by atoms with Crippen LogP contribution in [-0.4, -0.2) is 8.56 Å². The van der Waals surface area contributed by atoms with Crippen molar-refractivity contribution >= 4 is 47.8 Å². The molecule has 0 bridgehead atoms. The van der Waals surface area contributed by atoms with E-state index in [1.807, 2.05) is 0 Å². The van der Waals surface area contributed by atoms with Crippen LogP contribution >= 0.6 is 47.8 Å². The van der Waals surface area contributed by atoms with Gasteiger partial charge in [-0.25, -0.2) is 0 Å². The summed E-state index contributed by atoms with van der Waals surface area (Å²) >= 11 is 10.4. The van der Waals surface area contributed by atoms with Crippen LogP contribution in [0.15, 0.2) is 0 Å². The Bertz CT molecular complexity index is 60.7. The quantitative estimate of drug-likeness (QED) is 0.698. The summed E-state index contributed by atoms with van der Waals surface area (Å²) < 4.78 is 0.134. The third kappa shape index (κ3) is 4.33. The highest BCUT2D eigenvalue weighted by Gasteiger charge is 2.18. The molecule has 0 aromatic heterocycles.